The van der Waals surface area contributed by atoms with Gasteiger partial charge in [-0.05, 0) is 17.7 Å². The van der Waals surface area contributed by atoms with Crippen LogP contribution in [0.2, 0.25) is 0 Å². The molecule has 0 radical (unpaired) electrons. The highest BCUT2D eigenvalue weighted by Crippen LogP contribution is 2.13. The van der Waals surface area contributed by atoms with Crippen LogP contribution in [0.4, 0.5) is 26.6 Å². The lowest BCUT2D eigenvalue weighted by molar-refractivity contribution is 0.507. The topological polar surface area (TPSA) is 66.0 Å². The Hall–Kier alpha value is -2.51. The molecule has 112 valence electrons. The van der Waals surface area contributed by atoms with Gasteiger partial charge in [-0.3, -0.25) is 0 Å². The van der Waals surface area contributed by atoms with Crippen LogP contribution in [0.5, 0.6) is 0 Å². The molecular formula is C13H16F2N6. The summed E-state index contributed by atoms with van der Waals surface area (Å²) < 4.78 is 26.0. The van der Waals surface area contributed by atoms with Crippen molar-refractivity contribution in [1.82, 2.24) is 15.0 Å². The van der Waals surface area contributed by atoms with Crippen molar-refractivity contribution in [3.05, 3.63) is 35.4 Å². The van der Waals surface area contributed by atoms with Crippen LogP contribution in [0.25, 0.3) is 0 Å². The number of anilines is 3. The molecule has 0 aliphatic rings. The van der Waals surface area contributed by atoms with Crippen molar-refractivity contribution < 1.29 is 8.78 Å². The Morgan fingerprint density at radius 1 is 1.05 bits per heavy atom. The smallest absolute Gasteiger partial charge is 0.231 e. The average molecular weight is 294 g/mol. The fraction of sp³-hybridized carbons (Fsp3) is 0.308. The first kappa shape index (κ1) is 14.9. The molecule has 8 heteroatoms. The highest BCUT2D eigenvalue weighted by Gasteiger charge is 2.08. The molecule has 0 aliphatic heterocycles. The maximum Gasteiger partial charge on any atom is 0.231 e. The van der Waals surface area contributed by atoms with Crippen molar-refractivity contribution in [3.8, 4) is 0 Å². The molecule has 6 nitrogen and oxygen atoms in total. The van der Waals surface area contributed by atoms with Crippen molar-refractivity contribution in [2.24, 2.45) is 0 Å². The fourth-order valence-electron chi connectivity index (χ4n) is 1.59. The Morgan fingerprint density at radius 2 is 1.76 bits per heavy atom. The van der Waals surface area contributed by atoms with Crippen LogP contribution in [-0.4, -0.2) is 36.1 Å². The minimum Gasteiger partial charge on any atom is -0.357 e. The van der Waals surface area contributed by atoms with Gasteiger partial charge in [0.15, 0.2) is 11.6 Å². The number of aromatic nitrogens is 3. The molecule has 0 fully saturated rings. The quantitative estimate of drug-likeness (QED) is 0.877. The average Bonchev–Trinajstić information content (AvgIpc) is 2.48. The Bertz CT molecular complexity index is 632. The third kappa shape index (κ3) is 3.74. The highest BCUT2D eigenvalue weighted by atomic mass is 19.2. The van der Waals surface area contributed by atoms with Crippen molar-refractivity contribution >= 4 is 17.8 Å². The summed E-state index contributed by atoms with van der Waals surface area (Å²) in [6.07, 6.45) is 0. The van der Waals surface area contributed by atoms with Crippen LogP contribution in [-0.2, 0) is 6.54 Å². The van der Waals surface area contributed by atoms with E-state index in [0.29, 0.717) is 23.4 Å². The normalized spacial score (nSPS) is 10.3. The summed E-state index contributed by atoms with van der Waals surface area (Å²) >= 11 is 0. The van der Waals surface area contributed by atoms with E-state index in [4.69, 9.17) is 0 Å². The zero-order chi connectivity index (χ0) is 15.4. The predicted molar refractivity (Wildman–Crippen MR) is 77.4 cm³/mol. The lowest BCUT2D eigenvalue weighted by Crippen LogP contribution is -2.16. The van der Waals surface area contributed by atoms with E-state index in [-0.39, 0.29) is 6.54 Å². The first-order chi connectivity index (χ1) is 9.99. The first-order valence-corrected chi connectivity index (χ1v) is 6.28. The van der Waals surface area contributed by atoms with Gasteiger partial charge in [0.05, 0.1) is 0 Å². The van der Waals surface area contributed by atoms with E-state index in [1.807, 2.05) is 14.1 Å². The number of nitrogens with zero attached hydrogens (tertiary/aromatic N) is 4. The second-order valence-electron chi connectivity index (χ2n) is 4.53. The van der Waals surface area contributed by atoms with Crippen LogP contribution in [0, 0.1) is 11.6 Å². The van der Waals surface area contributed by atoms with E-state index in [9.17, 15) is 8.78 Å². The summed E-state index contributed by atoms with van der Waals surface area (Å²) in [5, 5.41) is 5.80. The van der Waals surface area contributed by atoms with Crippen LogP contribution in [0.1, 0.15) is 5.56 Å². The second kappa shape index (κ2) is 6.29. The third-order valence-electron chi connectivity index (χ3n) is 2.68. The van der Waals surface area contributed by atoms with Crippen molar-refractivity contribution in [3.63, 3.8) is 0 Å². The number of benzene rings is 1. The highest BCUT2D eigenvalue weighted by molar-refractivity contribution is 5.43. The fourth-order valence-corrected chi connectivity index (χ4v) is 1.59. The summed E-state index contributed by atoms with van der Waals surface area (Å²) in [4.78, 5) is 14.3. The van der Waals surface area contributed by atoms with E-state index in [0.717, 1.165) is 12.1 Å². The maximum atomic E-state index is 13.1. The molecule has 2 N–H and O–H groups in total. The number of rotatable bonds is 5. The summed E-state index contributed by atoms with van der Waals surface area (Å²) in [6.45, 7) is 0.275. The molecule has 0 bridgehead atoms. The largest absolute Gasteiger partial charge is 0.357 e. The van der Waals surface area contributed by atoms with E-state index < -0.39 is 11.6 Å². The van der Waals surface area contributed by atoms with Gasteiger partial charge in [0.2, 0.25) is 17.8 Å². The summed E-state index contributed by atoms with van der Waals surface area (Å²) in [7, 11) is 5.33. The van der Waals surface area contributed by atoms with Gasteiger partial charge in [-0.2, -0.15) is 15.0 Å². The molecule has 1 aromatic carbocycles. The Morgan fingerprint density at radius 3 is 2.38 bits per heavy atom. The Kier molecular flexibility index (Phi) is 4.46. The number of halogens is 2. The molecule has 0 unspecified atom stereocenters. The number of hydrogen-bond donors (Lipinski definition) is 2. The summed E-state index contributed by atoms with van der Waals surface area (Å²) in [5.41, 5.74) is 0.590. The summed E-state index contributed by atoms with van der Waals surface area (Å²) in [6, 6.07) is 3.72. The standard InChI is InChI=1S/C13H16F2N6/c1-16-11-18-12(20-13(19-11)21(2)3)17-7-8-4-5-9(14)10(15)6-8/h4-6H,7H2,1-3H3,(H2,16,17,18,19,20). The van der Waals surface area contributed by atoms with E-state index in [2.05, 4.69) is 25.6 Å². The van der Waals surface area contributed by atoms with Gasteiger partial charge in [-0.15, -0.1) is 0 Å². The molecule has 0 aliphatic carbocycles. The van der Waals surface area contributed by atoms with Gasteiger partial charge in [-0.1, -0.05) is 6.07 Å². The molecule has 0 saturated carbocycles. The van der Waals surface area contributed by atoms with Gasteiger partial charge in [-0.25, -0.2) is 8.78 Å². The predicted octanol–water partition coefficient (Wildman–Crippen LogP) is 1.87. The zero-order valence-electron chi connectivity index (χ0n) is 12.0. The van der Waals surface area contributed by atoms with Crippen molar-refractivity contribution in [2.45, 2.75) is 6.54 Å². The molecule has 0 atom stereocenters. The van der Waals surface area contributed by atoms with Gasteiger partial charge < -0.3 is 15.5 Å². The van der Waals surface area contributed by atoms with Crippen LogP contribution >= 0.6 is 0 Å². The SMILES string of the molecule is CNc1nc(NCc2ccc(F)c(F)c2)nc(N(C)C)n1. The molecule has 2 rings (SSSR count). The summed E-state index contributed by atoms with van der Waals surface area (Å²) in [5.74, 6) is -0.493. The molecular weight excluding hydrogens is 278 g/mol. The molecule has 0 amide bonds. The van der Waals surface area contributed by atoms with E-state index in [1.165, 1.54) is 6.07 Å². The lowest BCUT2D eigenvalue weighted by Gasteiger charge is -2.13. The molecule has 2 aromatic rings. The van der Waals surface area contributed by atoms with E-state index >= 15 is 0 Å². The van der Waals surface area contributed by atoms with Gasteiger partial charge in [0.25, 0.3) is 0 Å². The zero-order valence-corrected chi connectivity index (χ0v) is 12.0. The minimum atomic E-state index is -0.880. The Balaban J connectivity index is 2.15. The molecule has 21 heavy (non-hydrogen) atoms. The van der Waals surface area contributed by atoms with Crippen molar-refractivity contribution in [1.29, 1.82) is 0 Å². The van der Waals surface area contributed by atoms with Gasteiger partial charge >= 0.3 is 0 Å². The monoisotopic (exact) mass is 294 g/mol. The molecule has 0 spiro atoms. The minimum absolute atomic E-state index is 0.275. The Labute approximate surface area is 121 Å². The number of hydrogen-bond acceptors (Lipinski definition) is 6. The van der Waals surface area contributed by atoms with Crippen LogP contribution in [0.3, 0.4) is 0 Å². The third-order valence-corrected chi connectivity index (χ3v) is 2.68. The van der Waals surface area contributed by atoms with Gasteiger partial charge in [0.1, 0.15) is 0 Å². The second-order valence-corrected chi connectivity index (χ2v) is 4.53. The number of nitrogens with one attached hydrogen (secondary N) is 2. The molecule has 1 aromatic heterocycles. The molecule has 0 saturated heterocycles. The van der Waals surface area contributed by atoms with Crippen LogP contribution in [0.15, 0.2) is 18.2 Å². The van der Waals surface area contributed by atoms with Crippen LogP contribution < -0.4 is 15.5 Å². The molecule has 1 heterocycles. The lowest BCUT2D eigenvalue weighted by atomic mass is 10.2. The maximum absolute atomic E-state index is 13.1. The van der Waals surface area contributed by atoms with Crippen molar-refractivity contribution in [2.75, 3.05) is 36.7 Å². The first-order valence-electron chi connectivity index (χ1n) is 6.28. The van der Waals surface area contributed by atoms with Gasteiger partial charge in [0, 0.05) is 27.7 Å². The van der Waals surface area contributed by atoms with E-state index in [1.54, 1.807) is 11.9 Å².